The molecule has 0 spiro atoms. The van der Waals surface area contributed by atoms with E-state index in [9.17, 15) is 9.59 Å². The quantitative estimate of drug-likeness (QED) is 0.497. The zero-order chi connectivity index (χ0) is 20.3. The second kappa shape index (κ2) is 11.7. The fourth-order valence-electron chi connectivity index (χ4n) is 3.60. The van der Waals surface area contributed by atoms with Crippen molar-refractivity contribution in [3.05, 3.63) is 66.2 Å². The van der Waals surface area contributed by atoms with Crippen LogP contribution in [-0.4, -0.2) is 24.5 Å². The molecule has 0 radical (unpaired) electrons. The number of rotatable bonds is 7. The highest BCUT2D eigenvalue weighted by Crippen LogP contribution is 2.36. The third-order valence-electron chi connectivity index (χ3n) is 5.13. The van der Waals surface area contributed by atoms with Gasteiger partial charge in [-0.05, 0) is 30.5 Å². The van der Waals surface area contributed by atoms with Crippen LogP contribution in [0.5, 0.6) is 0 Å². The molecule has 0 bridgehead atoms. The van der Waals surface area contributed by atoms with Gasteiger partial charge in [-0.2, -0.15) is 0 Å². The first-order valence-corrected chi connectivity index (χ1v) is 11.3. The largest absolute Gasteiger partial charge is 0.454 e. The first-order valence-electron chi connectivity index (χ1n) is 10.4. The van der Waals surface area contributed by atoms with Crippen LogP contribution in [0.2, 0.25) is 0 Å². The number of hydrogen-bond acceptors (Lipinski definition) is 4. The van der Waals surface area contributed by atoms with Crippen LogP contribution in [0.4, 0.5) is 0 Å². The van der Waals surface area contributed by atoms with Crippen LogP contribution in [0.1, 0.15) is 55.8 Å². The maximum atomic E-state index is 12.8. The van der Waals surface area contributed by atoms with E-state index in [0.29, 0.717) is 0 Å². The van der Waals surface area contributed by atoms with Crippen LogP contribution in [0, 0.1) is 0 Å². The molecular formula is C24H29NO3S. The van der Waals surface area contributed by atoms with Crippen molar-refractivity contribution in [1.82, 2.24) is 5.32 Å². The van der Waals surface area contributed by atoms with E-state index >= 15 is 0 Å². The van der Waals surface area contributed by atoms with E-state index < -0.39 is 11.2 Å². The summed E-state index contributed by atoms with van der Waals surface area (Å²) in [6, 6.07) is 19.5. The van der Waals surface area contributed by atoms with Gasteiger partial charge in [0.15, 0.2) is 6.61 Å². The van der Waals surface area contributed by atoms with Crippen molar-refractivity contribution in [3.63, 3.8) is 0 Å². The van der Waals surface area contributed by atoms with Crippen LogP contribution >= 0.6 is 11.8 Å². The van der Waals surface area contributed by atoms with Gasteiger partial charge in [0.25, 0.3) is 5.91 Å². The average molecular weight is 412 g/mol. The average Bonchev–Trinajstić information content (AvgIpc) is 2.73. The molecule has 3 rings (SSSR count). The molecule has 4 nitrogen and oxygen atoms in total. The van der Waals surface area contributed by atoms with Gasteiger partial charge in [0.2, 0.25) is 0 Å². The lowest BCUT2D eigenvalue weighted by Gasteiger charge is -2.21. The van der Waals surface area contributed by atoms with Crippen LogP contribution in [-0.2, 0) is 14.3 Å². The van der Waals surface area contributed by atoms with Crippen molar-refractivity contribution in [1.29, 1.82) is 0 Å². The summed E-state index contributed by atoms with van der Waals surface area (Å²) < 4.78 is 5.42. The minimum Gasteiger partial charge on any atom is -0.454 e. The van der Waals surface area contributed by atoms with Gasteiger partial charge in [0, 0.05) is 10.9 Å². The minimum atomic E-state index is -0.507. The molecule has 0 aliphatic heterocycles. The molecular weight excluding hydrogens is 382 g/mol. The Labute approximate surface area is 177 Å². The molecule has 154 valence electrons. The molecule has 1 atom stereocenters. The van der Waals surface area contributed by atoms with Crippen molar-refractivity contribution in [3.8, 4) is 0 Å². The second-order valence-electron chi connectivity index (χ2n) is 7.44. The number of benzene rings is 2. The summed E-state index contributed by atoms with van der Waals surface area (Å²) >= 11 is 1.44. The van der Waals surface area contributed by atoms with E-state index in [1.165, 1.54) is 31.0 Å². The van der Waals surface area contributed by atoms with Crippen molar-refractivity contribution in [2.75, 3.05) is 6.61 Å². The van der Waals surface area contributed by atoms with E-state index in [0.717, 1.165) is 36.1 Å². The predicted octanol–water partition coefficient (Wildman–Crippen LogP) is 5.29. The number of ether oxygens (including phenoxy) is 1. The molecule has 1 aliphatic rings. The van der Waals surface area contributed by atoms with Crippen LogP contribution in [0.3, 0.4) is 0 Å². The van der Waals surface area contributed by atoms with E-state index in [-0.39, 0.29) is 18.6 Å². The summed E-state index contributed by atoms with van der Waals surface area (Å²) in [5, 5.41) is 2.54. The lowest BCUT2D eigenvalue weighted by molar-refractivity contribution is -0.148. The first kappa shape index (κ1) is 21.4. The Hall–Kier alpha value is -2.27. The number of thioether (sulfide) groups is 1. The Bertz CT molecular complexity index is 758. The summed E-state index contributed by atoms with van der Waals surface area (Å²) in [4.78, 5) is 26.1. The van der Waals surface area contributed by atoms with Gasteiger partial charge in [-0.1, -0.05) is 80.6 Å². The number of carbonyl (C=O) groups excluding carboxylic acids is 2. The normalized spacial score (nSPS) is 16.3. The highest BCUT2D eigenvalue weighted by Gasteiger charge is 2.24. The number of carbonyl (C=O) groups is 2. The molecule has 1 N–H and O–H groups in total. The molecule has 0 aromatic heterocycles. The Morgan fingerprint density at radius 1 is 0.897 bits per heavy atom. The maximum absolute atomic E-state index is 12.8. The molecule has 5 heteroatoms. The van der Waals surface area contributed by atoms with Gasteiger partial charge in [-0.15, -0.1) is 11.8 Å². The molecule has 0 saturated heterocycles. The number of nitrogens with one attached hydrogen (secondary N) is 1. The molecule has 2 aromatic carbocycles. The lowest BCUT2D eigenvalue weighted by Crippen LogP contribution is -2.38. The van der Waals surface area contributed by atoms with Gasteiger partial charge in [-0.25, -0.2) is 0 Å². The van der Waals surface area contributed by atoms with Crippen molar-refractivity contribution < 1.29 is 14.3 Å². The molecule has 2 aromatic rings. The molecule has 1 aliphatic carbocycles. The molecule has 1 saturated carbocycles. The predicted molar refractivity (Wildman–Crippen MR) is 117 cm³/mol. The molecule has 1 amide bonds. The summed E-state index contributed by atoms with van der Waals surface area (Å²) in [6.45, 7) is -0.228. The number of amides is 1. The smallest absolute Gasteiger partial charge is 0.324 e. The third kappa shape index (κ3) is 7.24. The maximum Gasteiger partial charge on any atom is 0.324 e. The van der Waals surface area contributed by atoms with Gasteiger partial charge >= 0.3 is 5.97 Å². The Morgan fingerprint density at radius 2 is 1.48 bits per heavy atom. The first-order chi connectivity index (χ1) is 14.2. The number of esters is 1. The fraction of sp³-hybridized carbons (Fsp3) is 0.417. The zero-order valence-electron chi connectivity index (χ0n) is 16.7. The highest BCUT2D eigenvalue weighted by atomic mass is 32.2. The SMILES string of the molecule is O=C(COC(=O)C(Sc1ccccc1)c1ccccc1)NC1CCCCCCC1. The molecule has 0 heterocycles. The van der Waals surface area contributed by atoms with E-state index in [2.05, 4.69) is 5.32 Å². The van der Waals surface area contributed by atoms with Crippen LogP contribution in [0.15, 0.2) is 65.6 Å². The van der Waals surface area contributed by atoms with E-state index in [1.807, 2.05) is 60.7 Å². The van der Waals surface area contributed by atoms with Gasteiger partial charge < -0.3 is 10.1 Å². The Kier molecular flexibility index (Phi) is 8.62. The topological polar surface area (TPSA) is 55.4 Å². The second-order valence-corrected chi connectivity index (χ2v) is 8.62. The summed E-state index contributed by atoms with van der Waals surface area (Å²) in [5.41, 5.74) is 0.867. The highest BCUT2D eigenvalue weighted by molar-refractivity contribution is 8.00. The van der Waals surface area contributed by atoms with Crippen molar-refractivity contribution in [2.24, 2.45) is 0 Å². The van der Waals surface area contributed by atoms with Gasteiger partial charge in [0.05, 0.1) is 0 Å². The number of hydrogen-bond donors (Lipinski definition) is 1. The van der Waals surface area contributed by atoms with Crippen LogP contribution < -0.4 is 5.32 Å². The van der Waals surface area contributed by atoms with Crippen molar-refractivity contribution in [2.45, 2.75) is 61.1 Å². The van der Waals surface area contributed by atoms with Gasteiger partial charge in [-0.3, -0.25) is 9.59 Å². The standard InChI is InChI=1S/C24H29NO3S/c26-22(25-20-14-8-2-1-3-9-15-20)18-28-24(27)23(19-12-6-4-7-13-19)29-21-16-10-5-11-17-21/h4-7,10-13,16-17,20,23H,1-3,8-9,14-15,18H2,(H,25,26). The van der Waals surface area contributed by atoms with Gasteiger partial charge in [0.1, 0.15) is 5.25 Å². The fourth-order valence-corrected chi connectivity index (χ4v) is 4.64. The lowest BCUT2D eigenvalue weighted by atomic mass is 9.97. The summed E-state index contributed by atoms with van der Waals surface area (Å²) in [7, 11) is 0. The Balaban J connectivity index is 1.57. The van der Waals surface area contributed by atoms with E-state index in [1.54, 1.807) is 0 Å². The summed E-state index contributed by atoms with van der Waals surface area (Å²) in [6.07, 6.45) is 8.07. The minimum absolute atomic E-state index is 0.199. The summed E-state index contributed by atoms with van der Waals surface area (Å²) in [5.74, 6) is -0.599. The molecule has 1 fully saturated rings. The monoisotopic (exact) mass is 411 g/mol. The van der Waals surface area contributed by atoms with Crippen molar-refractivity contribution >= 4 is 23.6 Å². The zero-order valence-corrected chi connectivity index (χ0v) is 17.5. The molecule has 1 unspecified atom stereocenters. The van der Waals surface area contributed by atoms with E-state index in [4.69, 9.17) is 4.74 Å². The third-order valence-corrected chi connectivity index (χ3v) is 6.37. The Morgan fingerprint density at radius 3 is 2.14 bits per heavy atom. The molecule has 29 heavy (non-hydrogen) atoms. The van der Waals surface area contributed by atoms with Crippen LogP contribution in [0.25, 0.3) is 0 Å².